The molecule has 0 aromatic carbocycles. The van der Waals surface area contributed by atoms with Crippen LogP contribution in [-0.4, -0.2) is 27.8 Å². The van der Waals surface area contributed by atoms with Crippen molar-refractivity contribution < 1.29 is 0 Å². The summed E-state index contributed by atoms with van der Waals surface area (Å²) >= 11 is 4.68. The molecule has 2 aromatic rings. The number of hydrazine groups is 1. The summed E-state index contributed by atoms with van der Waals surface area (Å²) < 4.78 is 1.94. The number of thiophene rings is 1. The Labute approximate surface area is 145 Å². The van der Waals surface area contributed by atoms with Crippen molar-refractivity contribution in [3.63, 3.8) is 0 Å². The topological polar surface area (TPSA) is 91.2 Å². The van der Waals surface area contributed by atoms with Gasteiger partial charge in [-0.05, 0) is 33.5 Å². The molecule has 2 N–H and O–H groups in total. The molecule has 9 heteroatoms. The van der Waals surface area contributed by atoms with Crippen LogP contribution >= 0.6 is 27.3 Å². The van der Waals surface area contributed by atoms with Crippen LogP contribution in [-0.2, 0) is 6.54 Å². The van der Waals surface area contributed by atoms with Crippen LogP contribution in [0.1, 0.15) is 10.4 Å². The third kappa shape index (κ3) is 3.14. The predicted molar refractivity (Wildman–Crippen MR) is 91.7 cm³/mol. The van der Waals surface area contributed by atoms with Gasteiger partial charge in [0.25, 0.3) is 5.56 Å². The number of nitriles is 1. The van der Waals surface area contributed by atoms with E-state index in [0.29, 0.717) is 35.7 Å². The fourth-order valence-electron chi connectivity index (χ4n) is 2.32. The molecule has 0 spiro atoms. The lowest BCUT2D eigenvalue weighted by atomic mass is 10.3. The lowest BCUT2D eigenvalue weighted by molar-refractivity contribution is 0.372. The van der Waals surface area contributed by atoms with Gasteiger partial charge in [0, 0.05) is 17.6 Å². The van der Waals surface area contributed by atoms with E-state index in [1.54, 1.807) is 16.8 Å². The summed E-state index contributed by atoms with van der Waals surface area (Å²) in [5.41, 5.74) is 0.386. The Hall–Kier alpha value is -2.15. The Balaban J connectivity index is 2.04. The molecule has 0 bridgehead atoms. The number of nitrogens with two attached hydrogens (primary N) is 1. The maximum absolute atomic E-state index is 12.5. The Morgan fingerprint density at radius 2 is 2.35 bits per heavy atom. The summed E-state index contributed by atoms with van der Waals surface area (Å²) in [5.74, 6) is 6.33. The van der Waals surface area contributed by atoms with Crippen molar-refractivity contribution >= 4 is 33.2 Å². The van der Waals surface area contributed by atoms with Crippen molar-refractivity contribution in [1.29, 1.82) is 5.26 Å². The van der Waals surface area contributed by atoms with Gasteiger partial charge in [-0.2, -0.15) is 5.26 Å². The number of anilines is 1. The monoisotopic (exact) mass is 392 g/mol. The van der Waals surface area contributed by atoms with Crippen LogP contribution in [0.15, 0.2) is 39.2 Å². The second-order valence-electron chi connectivity index (χ2n) is 4.93. The van der Waals surface area contributed by atoms with Gasteiger partial charge >= 0.3 is 0 Å². The third-order valence-electron chi connectivity index (χ3n) is 3.39. The molecule has 3 heterocycles. The highest BCUT2D eigenvalue weighted by atomic mass is 79.9. The largest absolute Gasteiger partial charge is 0.319 e. The molecule has 3 rings (SSSR count). The minimum Gasteiger partial charge on any atom is -0.319 e. The third-order valence-corrected chi connectivity index (χ3v) is 4.84. The van der Waals surface area contributed by atoms with Gasteiger partial charge in [0.1, 0.15) is 17.2 Å². The summed E-state index contributed by atoms with van der Waals surface area (Å²) in [6, 6.07) is 3.90. The molecule has 118 valence electrons. The minimum absolute atomic E-state index is 0.189. The van der Waals surface area contributed by atoms with E-state index >= 15 is 0 Å². The van der Waals surface area contributed by atoms with Crippen LogP contribution < -0.4 is 16.3 Å². The average molecular weight is 393 g/mol. The zero-order chi connectivity index (χ0) is 16.4. The first kappa shape index (κ1) is 15.7. The molecule has 1 aliphatic rings. The van der Waals surface area contributed by atoms with Crippen LogP contribution in [0.5, 0.6) is 0 Å². The highest BCUT2D eigenvalue weighted by Crippen LogP contribution is 2.20. The molecule has 0 atom stereocenters. The van der Waals surface area contributed by atoms with Crippen molar-refractivity contribution in [3.05, 3.63) is 55.2 Å². The summed E-state index contributed by atoms with van der Waals surface area (Å²) in [5, 5.41) is 12.5. The first-order valence-electron chi connectivity index (χ1n) is 6.75. The highest BCUT2D eigenvalue weighted by molar-refractivity contribution is 9.10. The van der Waals surface area contributed by atoms with Gasteiger partial charge in [-0.1, -0.05) is 0 Å². The predicted octanol–water partition coefficient (Wildman–Crippen LogP) is 1.45. The summed E-state index contributed by atoms with van der Waals surface area (Å²) in [7, 11) is 0. The smallest absolute Gasteiger partial charge is 0.269 e. The van der Waals surface area contributed by atoms with Gasteiger partial charge in [-0.15, -0.1) is 11.3 Å². The van der Waals surface area contributed by atoms with Gasteiger partial charge in [0.2, 0.25) is 5.95 Å². The van der Waals surface area contributed by atoms with E-state index in [4.69, 9.17) is 11.1 Å². The Morgan fingerprint density at radius 3 is 3.09 bits per heavy atom. The molecular weight excluding hydrogens is 380 g/mol. The number of halogens is 1. The van der Waals surface area contributed by atoms with Crippen LogP contribution in [0.4, 0.5) is 5.95 Å². The van der Waals surface area contributed by atoms with E-state index in [-0.39, 0.29) is 5.56 Å². The summed E-state index contributed by atoms with van der Waals surface area (Å²) in [6.07, 6.45) is 5.17. The molecule has 0 fully saturated rings. The Morgan fingerprint density at radius 1 is 1.52 bits per heavy atom. The minimum atomic E-state index is -0.189. The van der Waals surface area contributed by atoms with E-state index in [1.165, 1.54) is 22.5 Å². The second kappa shape index (κ2) is 6.54. The van der Waals surface area contributed by atoms with E-state index in [1.807, 2.05) is 16.4 Å². The first-order chi connectivity index (χ1) is 11.1. The fourth-order valence-corrected chi connectivity index (χ4v) is 3.45. The Bertz CT molecular complexity index is 852. The summed E-state index contributed by atoms with van der Waals surface area (Å²) in [4.78, 5) is 19.7. The van der Waals surface area contributed by atoms with Crippen LogP contribution in [0, 0.1) is 11.3 Å². The number of aromatic nitrogens is 2. The van der Waals surface area contributed by atoms with Crippen molar-refractivity contribution in [1.82, 2.24) is 14.6 Å². The maximum Gasteiger partial charge on any atom is 0.269 e. The maximum atomic E-state index is 12.5. The molecule has 2 aromatic heterocycles. The molecule has 0 unspecified atom stereocenters. The van der Waals surface area contributed by atoms with Gasteiger partial charge in [0.05, 0.1) is 18.3 Å². The molecular formula is C14H13BrN6OS. The quantitative estimate of drug-likeness (QED) is 0.794. The SMILES string of the molecule is N#Cc1ccsc1Cn1c(N2CC=CN(N)C2)ncc(Br)c1=O. The number of rotatable bonds is 3. The zero-order valence-electron chi connectivity index (χ0n) is 12.0. The van der Waals surface area contributed by atoms with Gasteiger partial charge < -0.3 is 4.90 Å². The molecule has 0 amide bonds. The van der Waals surface area contributed by atoms with E-state index in [9.17, 15) is 4.79 Å². The fraction of sp³-hybridized carbons (Fsp3) is 0.214. The van der Waals surface area contributed by atoms with Gasteiger partial charge in [-0.3, -0.25) is 14.4 Å². The van der Waals surface area contributed by atoms with Crippen molar-refractivity contribution in [2.45, 2.75) is 6.54 Å². The second-order valence-corrected chi connectivity index (χ2v) is 6.78. The van der Waals surface area contributed by atoms with Gasteiger partial charge in [0.15, 0.2) is 0 Å². The zero-order valence-corrected chi connectivity index (χ0v) is 14.4. The lowest BCUT2D eigenvalue weighted by Crippen LogP contribution is -2.45. The Kier molecular flexibility index (Phi) is 4.47. The van der Waals surface area contributed by atoms with E-state index < -0.39 is 0 Å². The van der Waals surface area contributed by atoms with Gasteiger partial charge in [-0.25, -0.2) is 10.8 Å². The average Bonchev–Trinajstić information content (AvgIpc) is 2.99. The van der Waals surface area contributed by atoms with E-state index in [0.717, 1.165) is 4.88 Å². The standard InChI is InChI=1S/C14H13BrN6OS/c15-11-7-18-14(19-3-1-4-20(17)9-19)21(13(11)22)8-12-10(6-16)2-5-23-12/h1-2,4-5,7H,3,8-9,17H2. The molecule has 0 aliphatic carbocycles. The first-order valence-corrected chi connectivity index (χ1v) is 8.42. The molecule has 0 saturated heterocycles. The highest BCUT2D eigenvalue weighted by Gasteiger charge is 2.19. The van der Waals surface area contributed by atoms with Crippen molar-refractivity contribution in [2.75, 3.05) is 18.1 Å². The number of nitrogens with zero attached hydrogens (tertiary/aromatic N) is 5. The van der Waals surface area contributed by atoms with Crippen LogP contribution in [0.2, 0.25) is 0 Å². The molecule has 0 radical (unpaired) electrons. The molecule has 23 heavy (non-hydrogen) atoms. The van der Waals surface area contributed by atoms with Crippen LogP contribution in [0.25, 0.3) is 0 Å². The normalized spacial score (nSPS) is 14.1. The molecule has 0 saturated carbocycles. The summed E-state index contributed by atoms with van der Waals surface area (Å²) in [6.45, 7) is 1.34. The number of hydrogen-bond donors (Lipinski definition) is 1. The van der Waals surface area contributed by atoms with Crippen molar-refractivity contribution in [2.24, 2.45) is 5.84 Å². The number of hydrogen-bond acceptors (Lipinski definition) is 7. The lowest BCUT2D eigenvalue weighted by Gasteiger charge is -2.31. The van der Waals surface area contributed by atoms with Crippen LogP contribution in [0.3, 0.4) is 0 Å². The van der Waals surface area contributed by atoms with E-state index in [2.05, 4.69) is 27.0 Å². The van der Waals surface area contributed by atoms with Crippen molar-refractivity contribution in [3.8, 4) is 6.07 Å². The molecule has 1 aliphatic heterocycles. The molecule has 7 nitrogen and oxygen atoms in total.